The van der Waals surface area contributed by atoms with Crippen molar-refractivity contribution in [2.24, 2.45) is 5.92 Å². The van der Waals surface area contributed by atoms with Gasteiger partial charge in [-0.05, 0) is 55.4 Å². The molecule has 2 aromatic rings. The number of carboxylic acids is 1. The molecule has 2 heterocycles. The van der Waals surface area contributed by atoms with E-state index in [9.17, 15) is 19.5 Å². The second-order valence-corrected chi connectivity index (χ2v) is 10.5. The molecule has 1 aliphatic heterocycles. The Morgan fingerprint density at radius 1 is 1.03 bits per heavy atom. The van der Waals surface area contributed by atoms with Crippen LogP contribution in [0.2, 0.25) is 0 Å². The van der Waals surface area contributed by atoms with Crippen LogP contribution >= 0.6 is 0 Å². The molecule has 38 heavy (non-hydrogen) atoms. The average Bonchev–Trinajstić information content (AvgIpc) is 3.40. The Morgan fingerprint density at radius 3 is 2.39 bits per heavy atom. The fraction of sp³-hybridized carbons (Fsp3) is 0.533. The predicted molar refractivity (Wildman–Crippen MR) is 147 cm³/mol. The van der Waals surface area contributed by atoms with Crippen LogP contribution in [0.1, 0.15) is 99.1 Å². The minimum absolute atomic E-state index is 0.207. The lowest BCUT2D eigenvalue weighted by Crippen LogP contribution is -2.36. The molecule has 1 saturated carbocycles. The highest BCUT2D eigenvalue weighted by Gasteiger charge is 2.41. The van der Waals surface area contributed by atoms with Gasteiger partial charge in [-0.25, -0.2) is 14.6 Å². The van der Waals surface area contributed by atoms with E-state index >= 15 is 0 Å². The van der Waals surface area contributed by atoms with E-state index in [4.69, 9.17) is 0 Å². The first kappa shape index (κ1) is 27.6. The molecule has 0 spiro atoms. The van der Waals surface area contributed by atoms with Gasteiger partial charge in [0, 0.05) is 26.1 Å². The highest BCUT2D eigenvalue weighted by atomic mass is 16.4. The molecule has 0 bridgehead atoms. The summed E-state index contributed by atoms with van der Waals surface area (Å²) in [6.07, 6.45) is 13.9. The maximum absolute atomic E-state index is 13.5. The Bertz CT molecular complexity index is 1160. The summed E-state index contributed by atoms with van der Waals surface area (Å²) in [6, 6.07) is 6.64. The van der Waals surface area contributed by atoms with Crippen LogP contribution in [0, 0.1) is 5.92 Å². The maximum atomic E-state index is 13.5. The second kappa shape index (κ2) is 12.9. The van der Waals surface area contributed by atoms with Gasteiger partial charge in [0.1, 0.15) is 11.5 Å². The lowest BCUT2D eigenvalue weighted by atomic mass is 9.89. The molecule has 1 aromatic heterocycles. The van der Waals surface area contributed by atoms with Gasteiger partial charge in [0.25, 0.3) is 5.91 Å². The highest BCUT2D eigenvalue weighted by Crippen LogP contribution is 2.30. The number of amides is 3. The van der Waals surface area contributed by atoms with Crippen molar-refractivity contribution in [3.8, 4) is 0 Å². The summed E-state index contributed by atoms with van der Waals surface area (Å²) in [7, 11) is 0. The topological polar surface area (TPSA) is 95.7 Å². The number of rotatable bonds is 12. The first-order valence-corrected chi connectivity index (χ1v) is 14.1. The molecule has 2 aliphatic rings. The van der Waals surface area contributed by atoms with Gasteiger partial charge in [0.2, 0.25) is 0 Å². The number of carbonyl (C=O) groups excluding carboxylic acids is 2. The van der Waals surface area contributed by atoms with Gasteiger partial charge < -0.3 is 9.67 Å². The zero-order valence-electron chi connectivity index (χ0n) is 22.7. The lowest BCUT2D eigenvalue weighted by molar-refractivity contribution is -0.123. The van der Waals surface area contributed by atoms with Gasteiger partial charge in [0.05, 0.1) is 17.5 Å². The minimum Gasteiger partial charge on any atom is -0.478 e. The maximum Gasteiger partial charge on any atom is 0.335 e. The van der Waals surface area contributed by atoms with Crippen molar-refractivity contribution >= 4 is 24.0 Å². The number of nitrogens with zero attached hydrogens (tertiary/aromatic N) is 4. The van der Waals surface area contributed by atoms with Gasteiger partial charge in [-0.15, -0.1) is 0 Å². The third-order valence-corrected chi connectivity index (χ3v) is 7.67. The first-order valence-electron chi connectivity index (χ1n) is 14.1. The number of hydrogen-bond donors (Lipinski definition) is 1. The largest absolute Gasteiger partial charge is 0.478 e. The van der Waals surface area contributed by atoms with Crippen molar-refractivity contribution in [1.82, 2.24) is 19.4 Å². The van der Waals surface area contributed by atoms with E-state index in [-0.39, 0.29) is 17.5 Å². The van der Waals surface area contributed by atoms with Crippen LogP contribution in [0.25, 0.3) is 6.08 Å². The van der Waals surface area contributed by atoms with Crippen LogP contribution in [-0.2, 0) is 17.8 Å². The number of imidazole rings is 1. The van der Waals surface area contributed by atoms with Crippen LogP contribution in [-0.4, -0.2) is 55.5 Å². The summed E-state index contributed by atoms with van der Waals surface area (Å²) in [4.78, 5) is 46.0. The van der Waals surface area contributed by atoms with Gasteiger partial charge >= 0.3 is 12.0 Å². The molecule has 204 valence electrons. The Labute approximate surface area is 225 Å². The number of aryl methyl sites for hydroxylation is 1. The number of aromatic carboxylic acids is 1. The van der Waals surface area contributed by atoms with Crippen LogP contribution in [0.15, 0.2) is 36.2 Å². The third kappa shape index (κ3) is 6.34. The number of benzene rings is 1. The highest BCUT2D eigenvalue weighted by molar-refractivity contribution is 6.13. The monoisotopic (exact) mass is 520 g/mol. The van der Waals surface area contributed by atoms with E-state index < -0.39 is 5.97 Å². The van der Waals surface area contributed by atoms with E-state index in [0.717, 1.165) is 62.0 Å². The molecule has 1 saturated heterocycles. The van der Waals surface area contributed by atoms with Crippen molar-refractivity contribution < 1.29 is 19.5 Å². The number of aromatic nitrogens is 2. The first-order chi connectivity index (χ1) is 18.4. The minimum atomic E-state index is -0.955. The Hall–Kier alpha value is -3.42. The quantitative estimate of drug-likeness (QED) is 0.275. The van der Waals surface area contributed by atoms with Crippen LogP contribution < -0.4 is 0 Å². The van der Waals surface area contributed by atoms with Crippen LogP contribution in [0.5, 0.6) is 0 Å². The lowest BCUT2D eigenvalue weighted by Gasteiger charge is -2.26. The summed E-state index contributed by atoms with van der Waals surface area (Å²) in [5.74, 6) is 0.142. The molecule has 3 amide bonds. The van der Waals surface area contributed by atoms with Crippen LogP contribution in [0.3, 0.4) is 0 Å². The molecule has 0 radical (unpaired) electrons. The summed E-state index contributed by atoms with van der Waals surface area (Å²) in [6.45, 7) is 5.71. The molecule has 8 nitrogen and oxygen atoms in total. The molecule has 0 atom stereocenters. The number of unbranched alkanes of at least 4 members (excludes halogenated alkanes) is 2. The van der Waals surface area contributed by atoms with E-state index in [1.54, 1.807) is 23.2 Å². The second-order valence-electron chi connectivity index (χ2n) is 10.5. The number of imide groups is 1. The molecular formula is C30H40N4O4. The van der Waals surface area contributed by atoms with Crippen LogP contribution in [0.4, 0.5) is 4.79 Å². The van der Waals surface area contributed by atoms with E-state index in [1.807, 2.05) is 18.2 Å². The van der Waals surface area contributed by atoms with Crippen molar-refractivity contribution in [2.45, 2.75) is 84.6 Å². The standard InChI is InChI=1S/C30H40N4O4/c1-3-5-12-27-31-19-25(33(27)20-23-13-15-24(16-14-23)29(36)37)18-26-28(35)32(17-6-4-2)30(38)34(26)21-22-10-8-7-9-11-22/h13-16,18-19,22H,3-12,17,20-21H2,1-2H3,(H,36,37)/b26-18-. The van der Waals surface area contributed by atoms with Gasteiger partial charge in [-0.2, -0.15) is 0 Å². The van der Waals surface area contributed by atoms with E-state index in [1.165, 1.54) is 24.2 Å². The summed E-state index contributed by atoms with van der Waals surface area (Å²) < 4.78 is 2.09. The molecule has 4 rings (SSSR count). The molecule has 2 fully saturated rings. The van der Waals surface area contributed by atoms with E-state index in [0.29, 0.717) is 31.2 Å². The molecule has 1 aromatic carbocycles. The Kier molecular flexibility index (Phi) is 9.37. The van der Waals surface area contributed by atoms with E-state index in [2.05, 4.69) is 23.4 Å². The number of carboxylic acid groups (broad SMARTS) is 1. The number of hydrogen-bond acceptors (Lipinski definition) is 4. The van der Waals surface area contributed by atoms with Crippen molar-refractivity contribution in [3.05, 3.63) is 58.8 Å². The SMILES string of the molecule is CCCCc1ncc(/C=C2/C(=O)N(CCCC)C(=O)N2CC2CCCCC2)n1Cc1ccc(C(=O)O)cc1. The number of urea groups is 1. The van der Waals surface area contributed by atoms with Crippen molar-refractivity contribution in [3.63, 3.8) is 0 Å². The zero-order valence-corrected chi connectivity index (χ0v) is 22.7. The smallest absolute Gasteiger partial charge is 0.335 e. The van der Waals surface area contributed by atoms with Gasteiger partial charge in [0.15, 0.2) is 0 Å². The zero-order chi connectivity index (χ0) is 27.1. The third-order valence-electron chi connectivity index (χ3n) is 7.67. The van der Waals surface area contributed by atoms with Gasteiger partial charge in [-0.1, -0.05) is 58.1 Å². The van der Waals surface area contributed by atoms with Gasteiger partial charge in [-0.3, -0.25) is 14.6 Å². The Balaban J connectivity index is 1.68. The molecular weight excluding hydrogens is 480 g/mol. The fourth-order valence-corrected chi connectivity index (χ4v) is 5.38. The Morgan fingerprint density at radius 2 is 1.74 bits per heavy atom. The molecule has 1 aliphatic carbocycles. The predicted octanol–water partition coefficient (Wildman–Crippen LogP) is 5.96. The van der Waals surface area contributed by atoms with Crippen molar-refractivity contribution in [1.29, 1.82) is 0 Å². The molecule has 1 N–H and O–H groups in total. The summed E-state index contributed by atoms with van der Waals surface area (Å²) in [5.41, 5.74) is 2.40. The number of carbonyl (C=O) groups is 3. The summed E-state index contributed by atoms with van der Waals surface area (Å²) in [5, 5.41) is 9.25. The normalized spacial score (nSPS) is 17.7. The van der Waals surface area contributed by atoms with Crippen molar-refractivity contribution in [2.75, 3.05) is 13.1 Å². The fourth-order valence-electron chi connectivity index (χ4n) is 5.38. The molecule has 0 unspecified atom stereocenters. The molecule has 8 heteroatoms. The average molecular weight is 521 g/mol. The summed E-state index contributed by atoms with van der Waals surface area (Å²) >= 11 is 0.